The molecule has 0 rings (SSSR count). The second-order valence-electron chi connectivity index (χ2n) is 2.60. The molecule has 0 radical (unpaired) electrons. The number of rotatable bonds is 5. The van der Waals surface area contributed by atoms with Gasteiger partial charge in [-0.3, -0.25) is 0 Å². The Hall–Kier alpha value is -0.0400. The summed E-state index contributed by atoms with van der Waals surface area (Å²) < 4.78 is 0. The van der Waals surface area contributed by atoms with Crippen LogP contribution in [0.2, 0.25) is 0 Å². The van der Waals surface area contributed by atoms with Crippen LogP contribution in [-0.2, 0) is 0 Å². The summed E-state index contributed by atoms with van der Waals surface area (Å²) in [4.78, 5) is 2.36. The predicted molar refractivity (Wildman–Crippen MR) is 42.7 cm³/mol. The lowest BCUT2D eigenvalue weighted by Crippen LogP contribution is -2.18. The molecule has 0 atom stereocenters. The van der Waals surface area contributed by atoms with Crippen LogP contribution in [0.3, 0.4) is 0 Å². The fraction of sp³-hybridized carbons (Fsp3) is 1.00. The summed E-state index contributed by atoms with van der Waals surface area (Å²) in [5, 5.41) is 0. The van der Waals surface area contributed by atoms with Gasteiger partial charge in [0.05, 0.1) is 0 Å². The van der Waals surface area contributed by atoms with E-state index in [1.807, 2.05) is 0 Å². The third kappa shape index (κ3) is 5.84. The minimum absolute atomic E-state index is 1.18. The van der Waals surface area contributed by atoms with E-state index in [9.17, 15) is 0 Å². The van der Waals surface area contributed by atoms with E-state index in [4.69, 9.17) is 0 Å². The Morgan fingerprint density at radius 3 is 2.22 bits per heavy atom. The number of nitrogens with zero attached hydrogens (tertiary/aromatic N) is 1. The smallest absolute Gasteiger partial charge is 0.00219 e. The number of unbranched alkanes of at least 4 members (excludes halogenated alkanes) is 2. The molecule has 0 fully saturated rings. The maximum atomic E-state index is 2.36. The summed E-state index contributed by atoms with van der Waals surface area (Å²) in [5.41, 5.74) is 0. The highest BCUT2D eigenvalue weighted by molar-refractivity contribution is 4.46. The van der Waals surface area contributed by atoms with Gasteiger partial charge in [-0.1, -0.05) is 26.7 Å². The maximum absolute atomic E-state index is 2.36. The van der Waals surface area contributed by atoms with Crippen molar-refractivity contribution in [2.75, 3.05) is 20.1 Å². The average Bonchev–Trinajstić information content (AvgIpc) is 1.89. The molecule has 0 heterocycles. The molecule has 0 amide bonds. The van der Waals surface area contributed by atoms with Crippen molar-refractivity contribution in [2.24, 2.45) is 0 Å². The first-order valence-corrected chi connectivity index (χ1v) is 3.99. The Morgan fingerprint density at radius 2 is 1.78 bits per heavy atom. The van der Waals surface area contributed by atoms with E-state index in [1.54, 1.807) is 0 Å². The largest absolute Gasteiger partial charge is 0.307 e. The third-order valence-electron chi connectivity index (χ3n) is 1.68. The molecule has 0 aromatic carbocycles. The van der Waals surface area contributed by atoms with Gasteiger partial charge in [0.15, 0.2) is 0 Å². The van der Waals surface area contributed by atoms with Gasteiger partial charge in [0.1, 0.15) is 0 Å². The molecule has 0 aromatic heterocycles. The molecule has 0 aromatic rings. The second kappa shape index (κ2) is 6.09. The highest BCUT2D eigenvalue weighted by Crippen LogP contribution is 1.94. The molecule has 0 spiro atoms. The molecule has 0 saturated heterocycles. The summed E-state index contributed by atoms with van der Waals surface area (Å²) in [6.45, 7) is 6.89. The fourth-order valence-corrected chi connectivity index (χ4v) is 0.790. The number of hydrogen-bond acceptors (Lipinski definition) is 1. The SMILES string of the molecule is CCCCCN(C)CC. The quantitative estimate of drug-likeness (QED) is 0.514. The van der Waals surface area contributed by atoms with Crippen LogP contribution in [0.5, 0.6) is 0 Å². The van der Waals surface area contributed by atoms with E-state index in [0.717, 1.165) is 0 Å². The van der Waals surface area contributed by atoms with Crippen molar-refractivity contribution in [3.63, 3.8) is 0 Å². The van der Waals surface area contributed by atoms with Gasteiger partial charge in [-0.05, 0) is 26.6 Å². The molecule has 1 heteroatoms. The van der Waals surface area contributed by atoms with Crippen LogP contribution in [0.1, 0.15) is 33.1 Å². The van der Waals surface area contributed by atoms with E-state index >= 15 is 0 Å². The summed E-state index contributed by atoms with van der Waals surface area (Å²) in [5.74, 6) is 0. The van der Waals surface area contributed by atoms with Crippen molar-refractivity contribution in [1.29, 1.82) is 0 Å². The van der Waals surface area contributed by atoms with Crippen LogP contribution in [0, 0.1) is 0 Å². The molecule has 0 unspecified atom stereocenters. The van der Waals surface area contributed by atoms with Crippen LogP contribution >= 0.6 is 0 Å². The van der Waals surface area contributed by atoms with Crippen LogP contribution in [-0.4, -0.2) is 25.0 Å². The first-order valence-electron chi connectivity index (χ1n) is 3.99. The monoisotopic (exact) mass is 129 g/mol. The van der Waals surface area contributed by atoms with Crippen LogP contribution in [0.25, 0.3) is 0 Å². The fourth-order valence-electron chi connectivity index (χ4n) is 0.790. The lowest BCUT2D eigenvalue weighted by Gasteiger charge is -2.12. The lowest BCUT2D eigenvalue weighted by atomic mass is 10.2. The standard InChI is InChI=1S/C8H19N/c1-4-6-7-8-9(3)5-2/h4-8H2,1-3H3. The zero-order valence-corrected chi connectivity index (χ0v) is 6.98. The van der Waals surface area contributed by atoms with Crippen molar-refractivity contribution in [2.45, 2.75) is 33.1 Å². The second-order valence-corrected chi connectivity index (χ2v) is 2.60. The summed E-state index contributed by atoms with van der Waals surface area (Å²) in [6.07, 6.45) is 4.07. The molecular weight excluding hydrogens is 110 g/mol. The van der Waals surface area contributed by atoms with Gasteiger partial charge >= 0.3 is 0 Å². The van der Waals surface area contributed by atoms with Crippen LogP contribution in [0.4, 0.5) is 0 Å². The van der Waals surface area contributed by atoms with E-state index in [1.165, 1.54) is 32.4 Å². The van der Waals surface area contributed by atoms with Crippen molar-refractivity contribution >= 4 is 0 Å². The average molecular weight is 129 g/mol. The molecular formula is C8H19N. The summed E-state index contributed by atoms with van der Waals surface area (Å²) in [6, 6.07) is 0. The Balaban J connectivity index is 2.88. The van der Waals surface area contributed by atoms with Gasteiger partial charge in [0, 0.05) is 0 Å². The van der Waals surface area contributed by atoms with Gasteiger partial charge in [-0.2, -0.15) is 0 Å². The Bertz CT molecular complexity index is 52.5. The minimum Gasteiger partial charge on any atom is -0.307 e. The van der Waals surface area contributed by atoms with Crippen molar-refractivity contribution in [3.05, 3.63) is 0 Å². The normalized spacial score (nSPS) is 10.7. The minimum atomic E-state index is 1.18. The molecule has 0 aliphatic carbocycles. The third-order valence-corrected chi connectivity index (χ3v) is 1.68. The van der Waals surface area contributed by atoms with Gasteiger partial charge in [-0.25, -0.2) is 0 Å². The molecule has 0 saturated carbocycles. The van der Waals surface area contributed by atoms with Crippen LogP contribution < -0.4 is 0 Å². The van der Waals surface area contributed by atoms with E-state index < -0.39 is 0 Å². The zero-order valence-electron chi connectivity index (χ0n) is 6.98. The highest BCUT2D eigenvalue weighted by atomic mass is 15.1. The van der Waals surface area contributed by atoms with Gasteiger partial charge in [0.2, 0.25) is 0 Å². The molecule has 0 N–H and O–H groups in total. The Kier molecular flexibility index (Phi) is 6.06. The lowest BCUT2D eigenvalue weighted by molar-refractivity contribution is 0.343. The maximum Gasteiger partial charge on any atom is -0.00219 e. The zero-order chi connectivity index (χ0) is 7.11. The molecule has 56 valence electrons. The first-order chi connectivity index (χ1) is 4.31. The summed E-state index contributed by atoms with van der Waals surface area (Å²) in [7, 11) is 2.18. The van der Waals surface area contributed by atoms with Gasteiger partial charge in [-0.15, -0.1) is 0 Å². The van der Waals surface area contributed by atoms with E-state index in [2.05, 4.69) is 25.8 Å². The number of hydrogen-bond donors (Lipinski definition) is 0. The Labute approximate surface area is 59.1 Å². The molecule has 0 bridgehead atoms. The molecule has 1 nitrogen and oxygen atoms in total. The molecule has 9 heavy (non-hydrogen) atoms. The summed E-state index contributed by atoms with van der Waals surface area (Å²) >= 11 is 0. The van der Waals surface area contributed by atoms with E-state index in [0.29, 0.717) is 0 Å². The highest BCUT2D eigenvalue weighted by Gasteiger charge is 1.91. The molecule has 0 aliphatic rings. The van der Waals surface area contributed by atoms with Crippen molar-refractivity contribution in [1.82, 2.24) is 4.90 Å². The van der Waals surface area contributed by atoms with Crippen molar-refractivity contribution < 1.29 is 0 Å². The topological polar surface area (TPSA) is 3.24 Å². The van der Waals surface area contributed by atoms with Crippen LogP contribution in [0.15, 0.2) is 0 Å². The molecule has 0 aliphatic heterocycles. The Morgan fingerprint density at radius 1 is 1.11 bits per heavy atom. The van der Waals surface area contributed by atoms with E-state index in [-0.39, 0.29) is 0 Å². The van der Waals surface area contributed by atoms with Gasteiger partial charge in [0.25, 0.3) is 0 Å². The first kappa shape index (κ1) is 8.96. The van der Waals surface area contributed by atoms with Gasteiger partial charge < -0.3 is 4.90 Å². The van der Waals surface area contributed by atoms with Crippen molar-refractivity contribution in [3.8, 4) is 0 Å². The predicted octanol–water partition coefficient (Wildman–Crippen LogP) is 2.13.